The van der Waals surface area contributed by atoms with E-state index in [0.29, 0.717) is 79.3 Å². The van der Waals surface area contributed by atoms with Gasteiger partial charge in [0.15, 0.2) is 5.82 Å². The van der Waals surface area contributed by atoms with E-state index in [4.69, 9.17) is 4.74 Å². The van der Waals surface area contributed by atoms with Gasteiger partial charge < -0.3 is 25.2 Å². The van der Waals surface area contributed by atoms with Crippen molar-refractivity contribution >= 4 is 52.5 Å². The number of amides is 6. The van der Waals surface area contributed by atoms with E-state index < -0.39 is 41.4 Å². The molecule has 336 valence electrons. The number of imide groups is 2. The van der Waals surface area contributed by atoms with Crippen LogP contribution in [-0.4, -0.2) is 106 Å². The second-order valence-corrected chi connectivity index (χ2v) is 15.9. The zero-order chi connectivity index (χ0) is 46.3. The van der Waals surface area contributed by atoms with Crippen molar-refractivity contribution in [3.05, 3.63) is 114 Å². The maximum atomic E-state index is 14.9. The number of carbonyl (C=O) groups excluding carboxylic acids is 6. The Morgan fingerprint density at radius 3 is 2.48 bits per heavy atom. The highest BCUT2D eigenvalue weighted by atomic mass is 19.1. The summed E-state index contributed by atoms with van der Waals surface area (Å²) in [4.78, 5) is 95.5. The van der Waals surface area contributed by atoms with Crippen LogP contribution in [0.15, 0.2) is 85.3 Å². The molecule has 1 atom stereocenters. The molecule has 3 aliphatic heterocycles. The summed E-state index contributed by atoms with van der Waals surface area (Å²) in [5.74, 6) is -3.12. The molecule has 1 unspecified atom stereocenters. The van der Waals surface area contributed by atoms with Crippen LogP contribution in [0.4, 0.5) is 21.5 Å². The number of piperazine rings is 1. The van der Waals surface area contributed by atoms with Crippen molar-refractivity contribution in [1.29, 1.82) is 5.26 Å². The number of pyridine rings is 1. The number of rotatable bonds is 15. The Bertz CT molecular complexity index is 2790. The van der Waals surface area contributed by atoms with E-state index in [0.717, 1.165) is 24.2 Å². The van der Waals surface area contributed by atoms with Crippen LogP contribution < -0.4 is 25.6 Å². The molecule has 3 aliphatic rings. The summed E-state index contributed by atoms with van der Waals surface area (Å²) < 4.78 is 20.2. The second kappa shape index (κ2) is 19.8. The summed E-state index contributed by atoms with van der Waals surface area (Å²) in [5.41, 5.74) is 3.87. The number of piperidine rings is 1. The molecule has 3 aromatic carbocycles. The molecule has 0 aliphatic carbocycles. The number of hydrogen-bond donors (Lipinski definition) is 3. The smallest absolute Gasteiger partial charge is 0.274 e. The van der Waals surface area contributed by atoms with Crippen molar-refractivity contribution in [3.63, 3.8) is 0 Å². The zero-order valence-electron chi connectivity index (χ0n) is 36.0. The number of methoxy groups -OCH3 is 1. The van der Waals surface area contributed by atoms with Gasteiger partial charge in [-0.05, 0) is 73.4 Å². The number of unbranched alkanes of at least 4 members (excludes halogenated alkanes) is 3. The van der Waals surface area contributed by atoms with Crippen LogP contribution in [0.5, 0.6) is 5.75 Å². The van der Waals surface area contributed by atoms with Crippen LogP contribution in [0.1, 0.15) is 81.7 Å². The van der Waals surface area contributed by atoms with Crippen LogP contribution in [-0.2, 0) is 14.4 Å². The molecule has 66 heavy (non-hydrogen) atoms. The molecule has 2 aromatic heterocycles. The molecule has 0 saturated carbocycles. The third kappa shape index (κ3) is 9.27. The lowest BCUT2D eigenvalue weighted by Gasteiger charge is -2.37. The number of benzene rings is 3. The number of nitrogens with zero attached hydrogens (tertiary/aromatic N) is 7. The maximum absolute atomic E-state index is 14.9. The Morgan fingerprint density at radius 1 is 0.894 bits per heavy atom. The molecular formula is C48H45FN10O7. The standard InChI is InChI=1S/C48H45FN10O7/c1-66-39-11-7-9-33(49)43(39)44-53-21-18-36(54-44)45(62)55-34-14-13-29(32-28-51-20-17-30(32)27-50)26-38(34)57-22-24-58(25-23-57)41(61)12-4-2-3-5-19-52-35-10-6-8-31-42(35)48(65)59(47(31)64)37-15-16-40(60)56-46(37)63/h6-11,13-14,17-18,20-21,26,28,37,52H,2-5,12,15-16,19,22-25H2,1H3,(H,55,62)(H,56,60,63). The molecule has 3 N–H and O–H groups in total. The van der Waals surface area contributed by atoms with Gasteiger partial charge in [-0.1, -0.05) is 31.0 Å². The molecule has 2 saturated heterocycles. The van der Waals surface area contributed by atoms with E-state index in [1.807, 2.05) is 11.0 Å². The van der Waals surface area contributed by atoms with Gasteiger partial charge in [-0.2, -0.15) is 5.26 Å². The Morgan fingerprint density at radius 2 is 1.70 bits per heavy atom. The van der Waals surface area contributed by atoms with Crippen molar-refractivity contribution in [2.45, 2.75) is 51.0 Å². The van der Waals surface area contributed by atoms with Gasteiger partial charge in [-0.3, -0.25) is 44.0 Å². The molecule has 2 fully saturated rings. The van der Waals surface area contributed by atoms with Crippen LogP contribution in [0.3, 0.4) is 0 Å². The van der Waals surface area contributed by atoms with Crippen molar-refractivity contribution in [2.24, 2.45) is 0 Å². The predicted molar refractivity (Wildman–Crippen MR) is 240 cm³/mol. The summed E-state index contributed by atoms with van der Waals surface area (Å²) in [6.07, 6.45) is 8.10. The number of nitriles is 1. The third-order valence-electron chi connectivity index (χ3n) is 11.9. The van der Waals surface area contributed by atoms with Crippen molar-refractivity contribution in [1.82, 2.24) is 30.1 Å². The van der Waals surface area contributed by atoms with Crippen LogP contribution in [0.2, 0.25) is 0 Å². The fraction of sp³-hybridized carbons (Fsp3) is 0.292. The largest absolute Gasteiger partial charge is 0.496 e. The number of halogens is 1. The molecule has 0 bridgehead atoms. The molecular weight excluding hydrogens is 848 g/mol. The minimum Gasteiger partial charge on any atom is -0.496 e. The molecule has 8 rings (SSSR count). The lowest BCUT2D eigenvalue weighted by Crippen LogP contribution is -2.54. The normalized spacial score (nSPS) is 15.8. The summed E-state index contributed by atoms with van der Waals surface area (Å²) in [6.45, 7) is 2.35. The molecule has 18 heteroatoms. The van der Waals surface area contributed by atoms with E-state index >= 15 is 0 Å². The van der Waals surface area contributed by atoms with Crippen LogP contribution >= 0.6 is 0 Å². The van der Waals surface area contributed by atoms with Crippen molar-refractivity contribution in [2.75, 3.05) is 55.4 Å². The first-order valence-corrected chi connectivity index (χ1v) is 21.6. The molecule has 0 spiro atoms. The number of fused-ring (bicyclic) bond motifs is 1. The third-order valence-corrected chi connectivity index (χ3v) is 11.9. The Balaban J connectivity index is 0.855. The predicted octanol–water partition coefficient (Wildman–Crippen LogP) is 5.59. The quantitative estimate of drug-likeness (QED) is 0.0864. The fourth-order valence-corrected chi connectivity index (χ4v) is 8.47. The summed E-state index contributed by atoms with van der Waals surface area (Å²) in [7, 11) is 1.41. The molecule has 17 nitrogen and oxygen atoms in total. The number of ether oxygens (including phenoxy) is 1. The van der Waals surface area contributed by atoms with E-state index in [1.54, 1.807) is 54.9 Å². The van der Waals surface area contributed by atoms with E-state index in [-0.39, 0.29) is 52.7 Å². The molecule has 6 amide bonds. The van der Waals surface area contributed by atoms with E-state index in [9.17, 15) is 38.4 Å². The monoisotopic (exact) mass is 892 g/mol. The minimum absolute atomic E-state index is 0.000311. The zero-order valence-corrected chi connectivity index (χ0v) is 36.0. The van der Waals surface area contributed by atoms with Crippen molar-refractivity contribution < 1.29 is 37.9 Å². The summed E-state index contributed by atoms with van der Waals surface area (Å²) in [5, 5.41) is 18.3. The highest BCUT2D eigenvalue weighted by Gasteiger charge is 2.45. The number of aromatic nitrogens is 3. The average molecular weight is 893 g/mol. The van der Waals surface area contributed by atoms with Crippen LogP contribution in [0, 0.1) is 17.1 Å². The first-order chi connectivity index (χ1) is 32.1. The van der Waals surface area contributed by atoms with Gasteiger partial charge in [-0.25, -0.2) is 14.4 Å². The van der Waals surface area contributed by atoms with Gasteiger partial charge in [0.25, 0.3) is 17.7 Å². The van der Waals surface area contributed by atoms with Crippen LogP contribution in [0.25, 0.3) is 22.5 Å². The van der Waals surface area contributed by atoms with Crippen molar-refractivity contribution in [3.8, 4) is 34.3 Å². The molecule has 5 aromatic rings. The fourth-order valence-electron chi connectivity index (χ4n) is 8.47. The Labute approximate surface area is 379 Å². The number of carbonyl (C=O) groups is 6. The summed E-state index contributed by atoms with van der Waals surface area (Å²) in [6, 6.07) is 19.0. The van der Waals surface area contributed by atoms with Gasteiger partial charge in [0.2, 0.25) is 17.7 Å². The highest BCUT2D eigenvalue weighted by Crippen LogP contribution is 2.36. The highest BCUT2D eigenvalue weighted by molar-refractivity contribution is 6.25. The van der Waals surface area contributed by atoms with E-state index in [2.05, 4.69) is 41.9 Å². The summed E-state index contributed by atoms with van der Waals surface area (Å²) >= 11 is 0. The first kappa shape index (κ1) is 44.5. The average Bonchev–Trinajstić information content (AvgIpc) is 3.59. The number of hydrogen-bond acceptors (Lipinski definition) is 13. The Kier molecular flexibility index (Phi) is 13.3. The van der Waals surface area contributed by atoms with Gasteiger partial charge in [0.1, 0.15) is 23.3 Å². The minimum atomic E-state index is -1.04. The Hall–Kier alpha value is -8.07. The SMILES string of the molecule is COc1cccc(F)c1-c1nccc(C(=O)Nc2ccc(-c3cnccc3C#N)cc2N2CCN(C(=O)CCCCCCNc3cccc4c3C(=O)N(C3CCC(=O)NC3=O)C4=O)CC2)n1. The van der Waals surface area contributed by atoms with Gasteiger partial charge in [-0.15, -0.1) is 0 Å². The first-order valence-electron chi connectivity index (χ1n) is 21.6. The lowest BCUT2D eigenvalue weighted by molar-refractivity contribution is -0.136. The molecule has 0 radical (unpaired) electrons. The topological polar surface area (TPSA) is 220 Å². The molecule has 5 heterocycles. The number of nitrogens with one attached hydrogen (secondary N) is 3. The maximum Gasteiger partial charge on any atom is 0.274 e. The lowest BCUT2D eigenvalue weighted by atomic mass is 10.0. The van der Waals surface area contributed by atoms with Gasteiger partial charge >= 0.3 is 0 Å². The van der Waals surface area contributed by atoms with Gasteiger partial charge in [0, 0.05) is 75.4 Å². The van der Waals surface area contributed by atoms with E-state index in [1.165, 1.54) is 31.5 Å². The number of anilines is 3. The second-order valence-electron chi connectivity index (χ2n) is 15.9. The van der Waals surface area contributed by atoms with Gasteiger partial charge in [0.05, 0.1) is 46.8 Å².